The number of nitrogens with zero attached hydrogens (tertiary/aromatic N) is 3. The number of benzene rings is 2. The predicted molar refractivity (Wildman–Crippen MR) is 103 cm³/mol. The first-order valence-corrected chi connectivity index (χ1v) is 8.99. The summed E-state index contributed by atoms with van der Waals surface area (Å²) >= 11 is 0. The topological polar surface area (TPSA) is 80.2 Å². The lowest BCUT2D eigenvalue weighted by molar-refractivity contribution is 0.208. The highest BCUT2D eigenvalue weighted by Crippen LogP contribution is 2.24. The Kier molecular flexibility index (Phi) is 4.84. The van der Waals surface area contributed by atoms with Crippen LogP contribution in [0.1, 0.15) is 18.4 Å². The van der Waals surface area contributed by atoms with Crippen molar-refractivity contribution in [1.82, 2.24) is 15.2 Å². The zero-order valence-electron chi connectivity index (χ0n) is 14.6. The van der Waals surface area contributed by atoms with Gasteiger partial charge in [0.2, 0.25) is 0 Å². The monoisotopic (exact) mass is 349 g/mol. The van der Waals surface area contributed by atoms with E-state index in [9.17, 15) is 0 Å². The molecular weight excluding hydrogens is 326 g/mol. The molecule has 26 heavy (non-hydrogen) atoms. The summed E-state index contributed by atoms with van der Waals surface area (Å²) in [5.74, 6) is 0.314. The van der Waals surface area contributed by atoms with Crippen molar-refractivity contribution in [3.8, 4) is 11.3 Å². The summed E-state index contributed by atoms with van der Waals surface area (Å²) in [6, 6.07) is 19.2. The number of hydrogen-bond acceptors (Lipinski definition) is 6. The van der Waals surface area contributed by atoms with E-state index in [0.717, 1.165) is 30.9 Å². The van der Waals surface area contributed by atoms with Crippen molar-refractivity contribution in [2.75, 3.05) is 24.1 Å². The average molecular weight is 349 g/mol. The van der Waals surface area contributed by atoms with Crippen molar-refractivity contribution < 1.29 is 4.63 Å². The molecular formula is C20H23N5O. The molecule has 1 saturated heterocycles. The van der Waals surface area contributed by atoms with Gasteiger partial charge in [0.05, 0.1) is 0 Å². The molecule has 2 aromatic carbocycles. The fourth-order valence-corrected chi connectivity index (χ4v) is 3.51. The lowest BCUT2D eigenvalue weighted by Crippen LogP contribution is -2.41. The fourth-order valence-electron chi connectivity index (χ4n) is 3.51. The van der Waals surface area contributed by atoms with E-state index < -0.39 is 0 Å². The molecule has 3 N–H and O–H groups in total. The Morgan fingerprint density at radius 3 is 2.62 bits per heavy atom. The number of rotatable bonds is 5. The minimum Gasteiger partial charge on any atom is -0.381 e. The van der Waals surface area contributed by atoms with Crippen LogP contribution < -0.4 is 11.1 Å². The van der Waals surface area contributed by atoms with Crippen molar-refractivity contribution in [3.63, 3.8) is 0 Å². The van der Waals surface area contributed by atoms with Crippen LogP contribution in [0.2, 0.25) is 0 Å². The van der Waals surface area contributed by atoms with E-state index in [1.54, 1.807) is 0 Å². The van der Waals surface area contributed by atoms with E-state index >= 15 is 0 Å². The Balaban J connectivity index is 1.37. The number of nitrogen functional groups attached to an aromatic ring is 1. The number of nitrogens with two attached hydrogens (primary N) is 1. The van der Waals surface area contributed by atoms with Crippen molar-refractivity contribution in [3.05, 3.63) is 60.2 Å². The van der Waals surface area contributed by atoms with Crippen molar-refractivity contribution in [2.45, 2.75) is 25.4 Å². The molecule has 1 aromatic heterocycles. The standard InChI is InChI=1S/C20H23N5O/c21-20-19(23-26-24-20)16-8-10-17(11-9-16)22-18-7-4-12-25(14-18)13-15-5-2-1-3-6-15/h1-3,5-6,8-11,18,22H,4,7,12-14H2,(H2,21,24). The molecule has 0 amide bonds. The molecule has 0 aliphatic carbocycles. The van der Waals surface area contributed by atoms with Crippen molar-refractivity contribution in [1.29, 1.82) is 0 Å². The Labute approximate surface area is 153 Å². The van der Waals surface area contributed by atoms with Crippen LogP contribution in [0.3, 0.4) is 0 Å². The molecule has 1 aliphatic heterocycles. The number of piperidine rings is 1. The molecule has 4 rings (SSSR count). The molecule has 6 nitrogen and oxygen atoms in total. The predicted octanol–water partition coefficient (Wildman–Crippen LogP) is 3.40. The average Bonchev–Trinajstić information content (AvgIpc) is 3.10. The Hall–Kier alpha value is -2.86. The molecule has 0 bridgehead atoms. The molecule has 1 atom stereocenters. The van der Waals surface area contributed by atoms with Crippen LogP contribution in [0.5, 0.6) is 0 Å². The van der Waals surface area contributed by atoms with E-state index in [1.807, 2.05) is 12.1 Å². The van der Waals surface area contributed by atoms with E-state index in [4.69, 9.17) is 5.73 Å². The summed E-state index contributed by atoms with van der Waals surface area (Å²) in [6.45, 7) is 3.22. The lowest BCUT2D eigenvalue weighted by Gasteiger charge is -2.33. The molecule has 1 unspecified atom stereocenters. The molecule has 2 heterocycles. The minimum absolute atomic E-state index is 0.314. The highest BCUT2D eigenvalue weighted by atomic mass is 16.6. The SMILES string of the molecule is Nc1nonc1-c1ccc(NC2CCCN(Cc3ccccc3)C2)cc1. The van der Waals surface area contributed by atoms with Gasteiger partial charge in [0.15, 0.2) is 11.5 Å². The zero-order valence-corrected chi connectivity index (χ0v) is 14.6. The molecule has 1 fully saturated rings. The van der Waals surface area contributed by atoms with E-state index in [1.165, 1.54) is 18.4 Å². The Morgan fingerprint density at radius 2 is 1.88 bits per heavy atom. The lowest BCUT2D eigenvalue weighted by atomic mass is 10.0. The van der Waals surface area contributed by atoms with Crippen molar-refractivity contribution >= 4 is 11.5 Å². The number of nitrogens with one attached hydrogen (secondary N) is 1. The second kappa shape index (κ2) is 7.58. The fraction of sp³-hybridized carbons (Fsp3) is 0.300. The second-order valence-electron chi connectivity index (χ2n) is 6.78. The van der Waals surface area contributed by atoms with Crippen LogP contribution >= 0.6 is 0 Å². The van der Waals surface area contributed by atoms with Crippen LogP contribution in [0.25, 0.3) is 11.3 Å². The molecule has 0 radical (unpaired) electrons. The third-order valence-corrected chi connectivity index (χ3v) is 4.80. The van der Waals surface area contributed by atoms with E-state index in [2.05, 4.69) is 67.6 Å². The van der Waals surface area contributed by atoms with Crippen LogP contribution in [0.4, 0.5) is 11.5 Å². The second-order valence-corrected chi connectivity index (χ2v) is 6.78. The summed E-state index contributed by atoms with van der Waals surface area (Å²) in [4.78, 5) is 2.52. The molecule has 134 valence electrons. The highest BCUT2D eigenvalue weighted by molar-refractivity contribution is 5.70. The summed E-state index contributed by atoms with van der Waals surface area (Å²) in [6.07, 6.45) is 2.40. The molecule has 3 aromatic rings. The normalized spacial score (nSPS) is 17.9. The van der Waals surface area contributed by atoms with Gasteiger partial charge in [-0.3, -0.25) is 4.90 Å². The first kappa shape index (κ1) is 16.6. The first-order valence-electron chi connectivity index (χ1n) is 8.99. The number of likely N-dealkylation sites (tertiary alicyclic amines) is 1. The number of aromatic nitrogens is 2. The third kappa shape index (κ3) is 3.86. The maximum absolute atomic E-state index is 5.75. The van der Waals surface area contributed by atoms with Gasteiger partial charge >= 0.3 is 0 Å². The highest BCUT2D eigenvalue weighted by Gasteiger charge is 2.20. The molecule has 0 spiro atoms. The van der Waals surface area contributed by atoms with E-state index in [-0.39, 0.29) is 0 Å². The van der Waals surface area contributed by atoms with Gasteiger partial charge < -0.3 is 11.1 Å². The van der Waals surface area contributed by atoms with Gasteiger partial charge in [-0.05, 0) is 47.4 Å². The van der Waals surface area contributed by atoms with Gasteiger partial charge in [0.25, 0.3) is 0 Å². The summed E-state index contributed by atoms with van der Waals surface area (Å²) in [5, 5.41) is 11.1. The van der Waals surface area contributed by atoms with Crippen LogP contribution in [0, 0.1) is 0 Å². The summed E-state index contributed by atoms with van der Waals surface area (Å²) in [5.41, 5.74) is 9.72. The van der Waals surface area contributed by atoms with Crippen LogP contribution in [-0.4, -0.2) is 34.3 Å². The quantitative estimate of drug-likeness (QED) is 0.735. The van der Waals surface area contributed by atoms with Crippen molar-refractivity contribution in [2.24, 2.45) is 0 Å². The molecule has 1 aliphatic rings. The molecule has 6 heteroatoms. The third-order valence-electron chi connectivity index (χ3n) is 4.80. The zero-order chi connectivity index (χ0) is 17.8. The van der Waals surface area contributed by atoms with Crippen LogP contribution in [-0.2, 0) is 6.54 Å². The summed E-state index contributed by atoms with van der Waals surface area (Å²) in [7, 11) is 0. The number of anilines is 2. The van der Waals surface area contributed by atoms with Gasteiger partial charge in [0.1, 0.15) is 0 Å². The maximum atomic E-state index is 5.75. The van der Waals surface area contributed by atoms with Gasteiger partial charge in [0, 0.05) is 30.4 Å². The summed E-state index contributed by atoms with van der Waals surface area (Å²) < 4.78 is 4.67. The molecule has 0 saturated carbocycles. The Morgan fingerprint density at radius 1 is 1.08 bits per heavy atom. The van der Waals surface area contributed by atoms with Gasteiger partial charge in [-0.2, -0.15) is 0 Å². The minimum atomic E-state index is 0.314. The first-order chi connectivity index (χ1) is 12.8. The Bertz CT molecular complexity index is 831. The number of hydrogen-bond donors (Lipinski definition) is 2. The van der Waals surface area contributed by atoms with Gasteiger partial charge in [-0.15, -0.1) is 0 Å². The largest absolute Gasteiger partial charge is 0.381 e. The van der Waals surface area contributed by atoms with Gasteiger partial charge in [-0.25, -0.2) is 4.63 Å². The smallest absolute Gasteiger partial charge is 0.196 e. The van der Waals surface area contributed by atoms with E-state index in [0.29, 0.717) is 17.6 Å². The maximum Gasteiger partial charge on any atom is 0.196 e. The van der Waals surface area contributed by atoms with Crippen LogP contribution in [0.15, 0.2) is 59.2 Å². The van der Waals surface area contributed by atoms with Gasteiger partial charge in [-0.1, -0.05) is 42.5 Å².